The topological polar surface area (TPSA) is 97.4 Å². The number of rotatable bonds is 8. The minimum atomic E-state index is -0.599. The van der Waals surface area contributed by atoms with Crippen LogP contribution in [0.1, 0.15) is 45.9 Å². The average Bonchev–Trinajstić information content (AvgIpc) is 3.36. The van der Waals surface area contributed by atoms with Crippen molar-refractivity contribution >= 4 is 22.7 Å². The van der Waals surface area contributed by atoms with Crippen LogP contribution in [0.3, 0.4) is 0 Å². The second-order valence-corrected chi connectivity index (χ2v) is 8.92. The van der Waals surface area contributed by atoms with Gasteiger partial charge in [-0.3, -0.25) is 19.4 Å². The van der Waals surface area contributed by atoms with Crippen molar-refractivity contribution in [1.29, 1.82) is 0 Å². The van der Waals surface area contributed by atoms with E-state index < -0.39 is 17.2 Å². The highest BCUT2D eigenvalue weighted by Gasteiger charge is 2.22. The highest BCUT2D eigenvalue weighted by molar-refractivity contribution is 5.99. The molecule has 0 saturated carbocycles. The van der Waals surface area contributed by atoms with Crippen molar-refractivity contribution in [2.75, 3.05) is 7.05 Å². The summed E-state index contributed by atoms with van der Waals surface area (Å²) in [7, 11) is 1.65. The fourth-order valence-corrected chi connectivity index (χ4v) is 3.99. The molecule has 4 aromatic rings. The molecule has 0 aliphatic heterocycles. The maximum Gasteiger partial charge on any atom is 0.259 e. The third-order valence-corrected chi connectivity index (χ3v) is 5.62. The summed E-state index contributed by atoms with van der Waals surface area (Å²) in [5.74, 6) is -0.187. The van der Waals surface area contributed by atoms with Crippen molar-refractivity contribution < 1.29 is 14.0 Å². The normalized spacial score (nSPS) is 11.1. The Morgan fingerprint density at radius 2 is 1.89 bits per heavy atom. The first kappa shape index (κ1) is 23.9. The summed E-state index contributed by atoms with van der Waals surface area (Å²) < 4.78 is 6.98. The molecule has 0 atom stereocenters. The Bertz CT molecular complexity index is 1400. The van der Waals surface area contributed by atoms with Gasteiger partial charge in [0.25, 0.3) is 11.8 Å². The number of pyridine rings is 2. The molecule has 1 aromatic carbocycles. The highest BCUT2D eigenvalue weighted by Crippen LogP contribution is 2.18. The molecule has 4 rings (SSSR count). The Balaban J connectivity index is 1.63. The molecule has 1 N–H and O–H groups in total. The van der Waals surface area contributed by atoms with Crippen LogP contribution in [0.5, 0.6) is 0 Å². The summed E-state index contributed by atoms with van der Waals surface area (Å²) in [4.78, 5) is 45.4. The largest absolute Gasteiger partial charge is 0.467 e. The van der Waals surface area contributed by atoms with Crippen LogP contribution in [0.15, 0.2) is 76.5 Å². The van der Waals surface area contributed by atoms with E-state index in [0.717, 1.165) is 16.5 Å². The van der Waals surface area contributed by atoms with Gasteiger partial charge in [0.05, 0.1) is 18.3 Å². The summed E-state index contributed by atoms with van der Waals surface area (Å²) in [6.07, 6.45) is 6.28. The van der Waals surface area contributed by atoms with Crippen LogP contribution in [-0.2, 0) is 19.6 Å². The van der Waals surface area contributed by atoms with Crippen molar-refractivity contribution in [3.8, 4) is 0 Å². The number of aromatic nitrogens is 2. The lowest BCUT2D eigenvalue weighted by Crippen LogP contribution is -2.36. The Morgan fingerprint density at radius 1 is 1.09 bits per heavy atom. The Morgan fingerprint density at radius 3 is 2.63 bits per heavy atom. The second kappa shape index (κ2) is 10.4. The molecular formula is C27H28N4O4. The molecule has 3 heterocycles. The lowest BCUT2D eigenvalue weighted by atomic mass is 10.1. The molecule has 0 spiro atoms. The van der Waals surface area contributed by atoms with Crippen LogP contribution in [0.4, 0.5) is 0 Å². The number of benzene rings is 1. The summed E-state index contributed by atoms with van der Waals surface area (Å²) >= 11 is 0. The van der Waals surface area contributed by atoms with Gasteiger partial charge in [-0.15, -0.1) is 0 Å². The van der Waals surface area contributed by atoms with Crippen molar-refractivity contribution in [3.05, 3.63) is 100.0 Å². The van der Waals surface area contributed by atoms with Gasteiger partial charge in [0.2, 0.25) is 5.43 Å². The standard InChI is InChI=1S/C27H28N4O4/c1-18(2)14-31-16-22(26(33)29-13-20-8-6-12-35-20)25(32)23(17-31)27(34)30(3)15-19-7-4-10-24-21(19)9-5-11-28-24/h4-12,16-18H,13-15H2,1-3H3,(H,29,33). The summed E-state index contributed by atoms with van der Waals surface area (Å²) in [5.41, 5.74) is 1.03. The summed E-state index contributed by atoms with van der Waals surface area (Å²) in [6, 6.07) is 13.0. The van der Waals surface area contributed by atoms with Crippen LogP contribution in [0.2, 0.25) is 0 Å². The summed E-state index contributed by atoms with van der Waals surface area (Å²) in [5, 5.41) is 3.64. The van der Waals surface area contributed by atoms with Crippen molar-refractivity contribution in [3.63, 3.8) is 0 Å². The fraction of sp³-hybridized carbons (Fsp3) is 0.259. The lowest BCUT2D eigenvalue weighted by molar-refractivity contribution is 0.0783. The van der Waals surface area contributed by atoms with Gasteiger partial charge < -0.3 is 19.2 Å². The lowest BCUT2D eigenvalue weighted by Gasteiger charge is -2.20. The van der Waals surface area contributed by atoms with Gasteiger partial charge in [0.15, 0.2) is 0 Å². The van der Waals surface area contributed by atoms with Crippen LogP contribution >= 0.6 is 0 Å². The second-order valence-electron chi connectivity index (χ2n) is 8.92. The number of carbonyl (C=O) groups is 2. The predicted molar refractivity (Wildman–Crippen MR) is 133 cm³/mol. The Labute approximate surface area is 203 Å². The fourth-order valence-electron chi connectivity index (χ4n) is 3.99. The van der Waals surface area contributed by atoms with E-state index in [1.54, 1.807) is 29.9 Å². The van der Waals surface area contributed by atoms with Gasteiger partial charge in [-0.1, -0.05) is 32.0 Å². The smallest absolute Gasteiger partial charge is 0.259 e. The van der Waals surface area contributed by atoms with Gasteiger partial charge in [-0.25, -0.2) is 0 Å². The number of hydrogen-bond acceptors (Lipinski definition) is 5. The van der Waals surface area contributed by atoms with Crippen molar-refractivity contribution in [2.45, 2.75) is 33.5 Å². The van der Waals surface area contributed by atoms with E-state index in [-0.39, 0.29) is 23.6 Å². The van der Waals surface area contributed by atoms with Gasteiger partial charge in [0, 0.05) is 44.1 Å². The molecule has 8 heteroatoms. The van der Waals surface area contributed by atoms with E-state index in [1.165, 1.54) is 23.6 Å². The number of carbonyl (C=O) groups excluding carboxylic acids is 2. The molecule has 0 aliphatic carbocycles. The Hall–Kier alpha value is -4.20. The number of fused-ring (bicyclic) bond motifs is 1. The number of nitrogens with zero attached hydrogens (tertiary/aromatic N) is 3. The monoisotopic (exact) mass is 472 g/mol. The molecule has 0 fully saturated rings. The molecule has 180 valence electrons. The third-order valence-electron chi connectivity index (χ3n) is 5.62. The minimum absolute atomic E-state index is 0.0443. The first-order valence-corrected chi connectivity index (χ1v) is 11.5. The zero-order valence-corrected chi connectivity index (χ0v) is 20.0. The molecule has 0 aliphatic rings. The van der Waals surface area contributed by atoms with Crippen LogP contribution < -0.4 is 10.7 Å². The quantitative estimate of drug-likeness (QED) is 0.420. The average molecular weight is 473 g/mol. The van der Waals surface area contributed by atoms with Crippen LogP contribution in [0, 0.1) is 5.92 Å². The molecule has 0 radical (unpaired) electrons. The molecule has 35 heavy (non-hydrogen) atoms. The van der Waals surface area contributed by atoms with E-state index in [9.17, 15) is 14.4 Å². The van der Waals surface area contributed by atoms with Crippen LogP contribution in [0.25, 0.3) is 10.9 Å². The summed E-state index contributed by atoms with van der Waals surface area (Å²) in [6.45, 7) is 5.04. The van der Waals surface area contributed by atoms with Gasteiger partial charge in [-0.2, -0.15) is 0 Å². The van der Waals surface area contributed by atoms with Crippen LogP contribution in [-0.4, -0.2) is 33.3 Å². The molecule has 0 bridgehead atoms. The number of amides is 2. The molecule has 3 aromatic heterocycles. The molecule has 0 unspecified atom stereocenters. The molecule has 8 nitrogen and oxygen atoms in total. The predicted octanol–water partition coefficient (Wildman–Crippen LogP) is 3.85. The molecular weight excluding hydrogens is 444 g/mol. The number of hydrogen-bond donors (Lipinski definition) is 1. The minimum Gasteiger partial charge on any atom is -0.467 e. The first-order chi connectivity index (χ1) is 16.8. The molecule has 2 amide bonds. The van der Waals surface area contributed by atoms with Gasteiger partial charge in [0.1, 0.15) is 16.9 Å². The van der Waals surface area contributed by atoms with E-state index in [0.29, 0.717) is 18.8 Å². The molecule has 0 saturated heterocycles. The van der Waals surface area contributed by atoms with E-state index in [1.807, 2.05) is 44.2 Å². The van der Waals surface area contributed by atoms with Gasteiger partial charge >= 0.3 is 0 Å². The number of nitrogens with one attached hydrogen (secondary N) is 1. The van der Waals surface area contributed by atoms with E-state index in [4.69, 9.17) is 4.42 Å². The zero-order valence-electron chi connectivity index (χ0n) is 20.0. The maximum atomic E-state index is 13.4. The van der Waals surface area contributed by atoms with E-state index in [2.05, 4.69) is 10.3 Å². The third kappa shape index (κ3) is 5.48. The van der Waals surface area contributed by atoms with E-state index >= 15 is 0 Å². The van der Waals surface area contributed by atoms with Crippen molar-refractivity contribution in [1.82, 2.24) is 19.8 Å². The highest BCUT2D eigenvalue weighted by atomic mass is 16.3. The maximum absolute atomic E-state index is 13.4. The van der Waals surface area contributed by atoms with Gasteiger partial charge in [-0.05, 0) is 35.7 Å². The first-order valence-electron chi connectivity index (χ1n) is 11.5. The zero-order chi connectivity index (χ0) is 24.9. The van der Waals surface area contributed by atoms with Crippen molar-refractivity contribution in [2.24, 2.45) is 5.92 Å². The number of furan rings is 1. The Kier molecular flexibility index (Phi) is 7.10. The SMILES string of the molecule is CC(C)Cn1cc(C(=O)NCc2ccco2)c(=O)c(C(=O)N(C)Cc2cccc3ncccc23)c1.